The molecule has 4 rings (SSSR count). The Labute approximate surface area is 139 Å². The van der Waals surface area contributed by atoms with Gasteiger partial charge in [0.2, 0.25) is 11.8 Å². The first kappa shape index (κ1) is 15.1. The summed E-state index contributed by atoms with van der Waals surface area (Å²) in [6, 6.07) is 7.57. The molecule has 2 aliphatic rings. The van der Waals surface area contributed by atoms with E-state index in [2.05, 4.69) is 15.7 Å². The molecule has 2 heterocycles. The number of rotatable bonds is 4. The quantitative estimate of drug-likeness (QED) is 0.853. The normalized spacial score (nSPS) is 28.2. The number of fused-ring (bicyclic) bond motifs is 2. The van der Waals surface area contributed by atoms with E-state index in [1.807, 2.05) is 24.3 Å². The van der Waals surface area contributed by atoms with Gasteiger partial charge in [-0.05, 0) is 12.5 Å². The number of carbonyl (C=O) groups is 2. The van der Waals surface area contributed by atoms with Crippen molar-refractivity contribution in [2.75, 3.05) is 6.61 Å². The lowest BCUT2D eigenvalue weighted by molar-refractivity contribution is -0.130. The van der Waals surface area contributed by atoms with E-state index in [1.165, 1.54) is 6.92 Å². The smallest absolute Gasteiger partial charge is 0.242 e. The first-order valence-corrected chi connectivity index (χ1v) is 8.22. The maximum Gasteiger partial charge on any atom is 0.242 e. The van der Waals surface area contributed by atoms with Gasteiger partial charge in [-0.3, -0.25) is 14.3 Å². The molecule has 7 heteroatoms. The second-order valence-electron chi connectivity index (χ2n) is 6.47. The summed E-state index contributed by atoms with van der Waals surface area (Å²) in [6.07, 6.45) is 2.69. The summed E-state index contributed by atoms with van der Waals surface area (Å²) < 4.78 is 7.35. The molecule has 24 heavy (non-hydrogen) atoms. The fraction of sp³-hybridized carbons (Fsp3) is 0.471. The van der Waals surface area contributed by atoms with Gasteiger partial charge in [0.15, 0.2) is 0 Å². The lowest BCUT2D eigenvalue weighted by Crippen LogP contribution is -2.71. The van der Waals surface area contributed by atoms with E-state index < -0.39 is 0 Å². The molecule has 126 valence electrons. The predicted molar refractivity (Wildman–Crippen MR) is 87.1 cm³/mol. The van der Waals surface area contributed by atoms with Gasteiger partial charge < -0.3 is 15.4 Å². The molecular weight excluding hydrogens is 308 g/mol. The molecular formula is C17H20N4O3. The Morgan fingerprint density at radius 1 is 1.29 bits per heavy atom. The predicted octanol–water partition coefficient (Wildman–Crippen LogP) is 0.445. The highest BCUT2D eigenvalue weighted by molar-refractivity contribution is 5.82. The maximum atomic E-state index is 12.5. The van der Waals surface area contributed by atoms with E-state index in [0.717, 1.165) is 17.3 Å². The van der Waals surface area contributed by atoms with E-state index >= 15 is 0 Å². The van der Waals surface area contributed by atoms with Crippen LogP contribution in [0.4, 0.5) is 0 Å². The van der Waals surface area contributed by atoms with Gasteiger partial charge in [-0.15, -0.1) is 0 Å². The maximum absolute atomic E-state index is 12.5. The highest BCUT2D eigenvalue weighted by Crippen LogP contribution is 2.39. The van der Waals surface area contributed by atoms with Crippen LogP contribution < -0.4 is 10.6 Å². The van der Waals surface area contributed by atoms with Gasteiger partial charge in [0, 0.05) is 24.8 Å². The summed E-state index contributed by atoms with van der Waals surface area (Å²) in [7, 11) is 0. The molecule has 2 N–H and O–H groups in total. The van der Waals surface area contributed by atoms with Crippen LogP contribution in [0.15, 0.2) is 30.5 Å². The standard InChI is InChI=1S/C17H20N4O3/c1-10(22)19-16-15(12-6-7-24-17(12)16)20-14(23)9-21-13-5-3-2-4-11(13)8-18-21/h2-5,8,12,15-17H,6-7,9H2,1H3,(H,19,22)(H,20,23)/t12-,15+,16-,17-/m0/s1. The number of para-hydroxylation sites is 1. The largest absolute Gasteiger partial charge is 0.376 e. The average Bonchev–Trinajstić information content (AvgIpc) is 3.16. The minimum Gasteiger partial charge on any atom is -0.376 e. The molecule has 0 spiro atoms. The zero-order valence-corrected chi connectivity index (χ0v) is 13.4. The molecule has 2 fully saturated rings. The van der Waals surface area contributed by atoms with Crippen molar-refractivity contribution in [1.29, 1.82) is 0 Å². The van der Waals surface area contributed by atoms with Crippen LogP contribution in [0.25, 0.3) is 10.9 Å². The molecule has 0 bridgehead atoms. The molecule has 1 aliphatic heterocycles. The zero-order valence-electron chi connectivity index (χ0n) is 13.4. The first-order valence-electron chi connectivity index (χ1n) is 8.22. The van der Waals surface area contributed by atoms with Crippen molar-refractivity contribution in [2.24, 2.45) is 5.92 Å². The van der Waals surface area contributed by atoms with Crippen LogP contribution in [0.1, 0.15) is 13.3 Å². The summed E-state index contributed by atoms with van der Waals surface area (Å²) >= 11 is 0. The summed E-state index contributed by atoms with van der Waals surface area (Å²) in [5, 5.41) is 11.2. The highest BCUT2D eigenvalue weighted by atomic mass is 16.5. The van der Waals surface area contributed by atoms with Gasteiger partial charge in [-0.25, -0.2) is 0 Å². The Balaban J connectivity index is 1.44. The summed E-state index contributed by atoms with van der Waals surface area (Å²) in [5.41, 5.74) is 0.932. The minimum atomic E-state index is -0.145. The van der Waals surface area contributed by atoms with Crippen molar-refractivity contribution < 1.29 is 14.3 Å². The van der Waals surface area contributed by atoms with Crippen LogP contribution in [0, 0.1) is 5.92 Å². The molecule has 1 saturated heterocycles. The molecule has 1 aromatic carbocycles. The fourth-order valence-corrected chi connectivity index (χ4v) is 3.83. The van der Waals surface area contributed by atoms with Crippen LogP contribution in [0.5, 0.6) is 0 Å². The summed E-state index contributed by atoms with van der Waals surface area (Å²) in [5.74, 6) is 0.0704. The van der Waals surface area contributed by atoms with Gasteiger partial charge in [0.1, 0.15) is 6.54 Å². The van der Waals surface area contributed by atoms with Crippen molar-refractivity contribution in [3.8, 4) is 0 Å². The van der Waals surface area contributed by atoms with Gasteiger partial charge in [-0.1, -0.05) is 18.2 Å². The SMILES string of the molecule is CC(=O)N[C@H]1[C@H](NC(=O)Cn2ncc3ccccc32)[C@@H]2CCO[C@@H]21. The second kappa shape index (κ2) is 5.90. The molecule has 1 saturated carbocycles. The number of nitrogens with one attached hydrogen (secondary N) is 2. The molecule has 1 aliphatic carbocycles. The van der Waals surface area contributed by atoms with Crippen molar-refractivity contribution in [3.05, 3.63) is 30.5 Å². The minimum absolute atomic E-state index is 0.0183. The molecule has 0 radical (unpaired) electrons. The Bertz CT molecular complexity index is 787. The third kappa shape index (κ3) is 2.54. The van der Waals surface area contributed by atoms with E-state index in [9.17, 15) is 9.59 Å². The average molecular weight is 328 g/mol. The van der Waals surface area contributed by atoms with Crippen LogP contribution in [-0.4, -0.2) is 46.4 Å². The van der Waals surface area contributed by atoms with Crippen LogP contribution in [0.3, 0.4) is 0 Å². The monoisotopic (exact) mass is 328 g/mol. The Kier molecular flexibility index (Phi) is 3.72. The van der Waals surface area contributed by atoms with E-state index in [-0.39, 0.29) is 42.5 Å². The lowest BCUT2D eigenvalue weighted by Gasteiger charge is -2.47. The summed E-state index contributed by atoms with van der Waals surface area (Å²) in [4.78, 5) is 23.8. The number of ether oxygens (including phenoxy) is 1. The number of benzene rings is 1. The van der Waals surface area contributed by atoms with Crippen LogP contribution in [-0.2, 0) is 20.9 Å². The van der Waals surface area contributed by atoms with E-state index in [1.54, 1.807) is 10.9 Å². The van der Waals surface area contributed by atoms with Gasteiger partial charge in [0.25, 0.3) is 0 Å². The van der Waals surface area contributed by atoms with E-state index in [4.69, 9.17) is 4.74 Å². The van der Waals surface area contributed by atoms with Gasteiger partial charge in [0.05, 0.1) is 29.9 Å². The molecule has 2 aromatic rings. The number of aromatic nitrogens is 2. The van der Waals surface area contributed by atoms with Crippen molar-refractivity contribution in [2.45, 2.75) is 38.1 Å². The highest BCUT2D eigenvalue weighted by Gasteiger charge is 2.54. The van der Waals surface area contributed by atoms with Crippen LogP contribution in [0.2, 0.25) is 0 Å². The van der Waals surface area contributed by atoms with Crippen molar-refractivity contribution >= 4 is 22.7 Å². The number of amides is 2. The number of hydrogen-bond acceptors (Lipinski definition) is 4. The van der Waals surface area contributed by atoms with Gasteiger partial charge in [-0.2, -0.15) is 5.10 Å². The lowest BCUT2D eigenvalue weighted by atomic mass is 9.71. The zero-order chi connectivity index (χ0) is 16.7. The van der Waals surface area contributed by atoms with Crippen molar-refractivity contribution in [3.63, 3.8) is 0 Å². The molecule has 4 atom stereocenters. The molecule has 0 unspecified atom stereocenters. The Morgan fingerprint density at radius 3 is 2.96 bits per heavy atom. The van der Waals surface area contributed by atoms with E-state index in [0.29, 0.717) is 6.61 Å². The number of hydrogen-bond donors (Lipinski definition) is 2. The molecule has 1 aromatic heterocycles. The second-order valence-corrected chi connectivity index (χ2v) is 6.47. The van der Waals surface area contributed by atoms with Gasteiger partial charge >= 0.3 is 0 Å². The fourth-order valence-electron chi connectivity index (χ4n) is 3.83. The Morgan fingerprint density at radius 2 is 2.12 bits per heavy atom. The topological polar surface area (TPSA) is 85.3 Å². The van der Waals surface area contributed by atoms with Crippen molar-refractivity contribution in [1.82, 2.24) is 20.4 Å². The first-order chi connectivity index (χ1) is 11.6. The third-order valence-corrected chi connectivity index (χ3v) is 4.93. The number of carbonyl (C=O) groups excluding carboxylic acids is 2. The molecule has 7 nitrogen and oxygen atoms in total. The Hall–Kier alpha value is -2.41. The molecule has 2 amide bonds. The number of nitrogens with zero attached hydrogens (tertiary/aromatic N) is 2. The van der Waals surface area contributed by atoms with Crippen LogP contribution >= 0.6 is 0 Å². The third-order valence-electron chi connectivity index (χ3n) is 4.93. The summed E-state index contributed by atoms with van der Waals surface area (Å²) in [6.45, 7) is 2.33.